The lowest BCUT2D eigenvalue weighted by atomic mass is 10.1. The quantitative estimate of drug-likeness (QED) is 0.185. The van der Waals surface area contributed by atoms with E-state index >= 15 is 0 Å². The second kappa shape index (κ2) is 16.3. The summed E-state index contributed by atoms with van der Waals surface area (Å²) < 4.78 is 5.53. The number of nitrogens with zero attached hydrogens (tertiary/aromatic N) is 3. The van der Waals surface area contributed by atoms with Gasteiger partial charge in [0.1, 0.15) is 0 Å². The van der Waals surface area contributed by atoms with Gasteiger partial charge in [-0.05, 0) is 44.9 Å². The van der Waals surface area contributed by atoms with E-state index in [1.807, 2.05) is 18.4 Å². The molecule has 2 heterocycles. The molecule has 29 heavy (non-hydrogen) atoms. The molecule has 1 atom stereocenters. The molecule has 2 N–H and O–H groups in total. The van der Waals surface area contributed by atoms with Gasteiger partial charge in [0.05, 0.1) is 19.3 Å². The minimum absolute atomic E-state index is 0. The van der Waals surface area contributed by atoms with Crippen molar-refractivity contribution < 1.29 is 4.74 Å². The number of thiophene rings is 1. The van der Waals surface area contributed by atoms with Crippen LogP contribution in [0, 0.1) is 0 Å². The summed E-state index contributed by atoms with van der Waals surface area (Å²) >= 11 is 1.83. The van der Waals surface area contributed by atoms with Crippen molar-refractivity contribution in [3.05, 3.63) is 22.4 Å². The van der Waals surface area contributed by atoms with Crippen LogP contribution in [0.15, 0.2) is 22.5 Å². The Morgan fingerprint density at radius 1 is 1.17 bits per heavy atom. The fraction of sp³-hybridized carbons (Fsp3) is 0.762. The fourth-order valence-corrected chi connectivity index (χ4v) is 4.34. The van der Waals surface area contributed by atoms with Gasteiger partial charge in [0, 0.05) is 38.1 Å². The number of unbranched alkanes of at least 4 members (excludes halogenated alkanes) is 4. The largest absolute Gasteiger partial charge is 0.379 e. The van der Waals surface area contributed by atoms with Gasteiger partial charge in [0.25, 0.3) is 0 Å². The van der Waals surface area contributed by atoms with Crippen molar-refractivity contribution in [1.29, 1.82) is 0 Å². The first kappa shape index (κ1) is 26.6. The Kier molecular flexibility index (Phi) is 15.0. The van der Waals surface area contributed by atoms with Crippen LogP contribution in [-0.2, 0) is 4.74 Å². The first-order valence-electron chi connectivity index (χ1n) is 10.6. The van der Waals surface area contributed by atoms with Crippen LogP contribution in [0.5, 0.6) is 0 Å². The van der Waals surface area contributed by atoms with E-state index in [1.165, 1.54) is 43.5 Å². The minimum Gasteiger partial charge on any atom is -0.379 e. The lowest BCUT2D eigenvalue weighted by molar-refractivity contribution is 0.0177. The van der Waals surface area contributed by atoms with Crippen LogP contribution in [0.2, 0.25) is 0 Å². The summed E-state index contributed by atoms with van der Waals surface area (Å²) in [5.41, 5.74) is 0. The van der Waals surface area contributed by atoms with E-state index in [0.29, 0.717) is 6.04 Å². The average molecular weight is 538 g/mol. The van der Waals surface area contributed by atoms with Crippen molar-refractivity contribution in [2.24, 2.45) is 4.99 Å². The molecule has 0 aromatic carbocycles. The predicted molar refractivity (Wildman–Crippen MR) is 136 cm³/mol. The van der Waals surface area contributed by atoms with E-state index in [1.54, 1.807) is 0 Å². The van der Waals surface area contributed by atoms with Gasteiger partial charge in [0.15, 0.2) is 5.96 Å². The molecule has 1 aliphatic rings. The van der Waals surface area contributed by atoms with Crippen LogP contribution in [0.4, 0.5) is 0 Å². The molecule has 1 aromatic rings. The summed E-state index contributed by atoms with van der Waals surface area (Å²) in [6.45, 7) is 6.67. The molecule has 0 bridgehead atoms. The molecule has 8 heteroatoms. The van der Waals surface area contributed by atoms with Crippen molar-refractivity contribution in [3.8, 4) is 0 Å². The maximum absolute atomic E-state index is 5.53. The van der Waals surface area contributed by atoms with Crippen LogP contribution >= 0.6 is 35.3 Å². The second-order valence-electron chi connectivity index (χ2n) is 7.63. The predicted octanol–water partition coefficient (Wildman–Crippen LogP) is 3.42. The molecule has 1 fully saturated rings. The van der Waals surface area contributed by atoms with Gasteiger partial charge in [-0.3, -0.25) is 9.89 Å². The zero-order valence-corrected chi connectivity index (χ0v) is 21.5. The van der Waals surface area contributed by atoms with Crippen LogP contribution in [-0.4, -0.2) is 82.8 Å². The lowest BCUT2D eigenvalue weighted by Gasteiger charge is -2.34. The van der Waals surface area contributed by atoms with Crippen LogP contribution in [0.1, 0.15) is 43.0 Å². The summed E-state index contributed by atoms with van der Waals surface area (Å²) in [6, 6.07) is 4.75. The summed E-state index contributed by atoms with van der Waals surface area (Å²) in [6.07, 6.45) is 6.42. The Hall–Kier alpha value is -0.420. The summed E-state index contributed by atoms with van der Waals surface area (Å²) in [5, 5.41) is 9.17. The minimum atomic E-state index is 0. The first-order valence-corrected chi connectivity index (χ1v) is 11.5. The third-order valence-corrected chi connectivity index (χ3v) is 6.09. The number of aliphatic imine (C=N–C) groups is 1. The second-order valence-corrected chi connectivity index (χ2v) is 8.61. The van der Waals surface area contributed by atoms with Crippen molar-refractivity contribution in [1.82, 2.24) is 20.4 Å². The van der Waals surface area contributed by atoms with Crippen molar-refractivity contribution in [2.75, 3.05) is 67.1 Å². The molecular formula is C21H40IN5OS. The van der Waals surface area contributed by atoms with Crippen LogP contribution < -0.4 is 10.6 Å². The maximum Gasteiger partial charge on any atom is 0.191 e. The third kappa shape index (κ3) is 11.0. The topological polar surface area (TPSA) is 52.1 Å². The van der Waals surface area contributed by atoms with Crippen molar-refractivity contribution in [3.63, 3.8) is 0 Å². The van der Waals surface area contributed by atoms with Crippen LogP contribution in [0.25, 0.3) is 0 Å². The van der Waals surface area contributed by atoms with Gasteiger partial charge in [-0.15, -0.1) is 35.3 Å². The summed E-state index contributed by atoms with van der Waals surface area (Å²) in [4.78, 5) is 10.6. The Morgan fingerprint density at radius 2 is 1.90 bits per heavy atom. The molecule has 168 valence electrons. The number of rotatable bonds is 12. The van der Waals surface area contributed by atoms with E-state index in [-0.39, 0.29) is 24.0 Å². The number of morpholine rings is 1. The molecule has 1 aromatic heterocycles. The Balaban J connectivity index is 0.00000420. The molecule has 2 rings (SSSR count). The van der Waals surface area contributed by atoms with Gasteiger partial charge in [-0.2, -0.15) is 0 Å². The summed E-state index contributed by atoms with van der Waals surface area (Å²) in [7, 11) is 6.14. The van der Waals surface area contributed by atoms with Gasteiger partial charge in [-0.1, -0.05) is 25.3 Å². The van der Waals surface area contributed by atoms with E-state index < -0.39 is 0 Å². The number of nitrogens with one attached hydrogen (secondary N) is 2. The highest BCUT2D eigenvalue weighted by molar-refractivity contribution is 14.0. The zero-order valence-electron chi connectivity index (χ0n) is 18.4. The molecule has 0 spiro atoms. The molecule has 1 unspecified atom stereocenters. The van der Waals surface area contributed by atoms with Gasteiger partial charge >= 0.3 is 0 Å². The van der Waals surface area contributed by atoms with E-state index in [2.05, 4.69) is 57.0 Å². The van der Waals surface area contributed by atoms with Crippen molar-refractivity contribution in [2.45, 2.75) is 38.1 Å². The molecule has 0 radical (unpaired) electrons. The molecular weight excluding hydrogens is 497 g/mol. The van der Waals surface area contributed by atoms with Gasteiger partial charge in [-0.25, -0.2) is 0 Å². The molecule has 0 amide bonds. The highest BCUT2D eigenvalue weighted by atomic mass is 127. The zero-order chi connectivity index (χ0) is 20.0. The number of halogens is 1. The highest BCUT2D eigenvalue weighted by Crippen LogP contribution is 2.25. The van der Waals surface area contributed by atoms with E-state index in [9.17, 15) is 0 Å². The smallest absolute Gasteiger partial charge is 0.191 e. The molecule has 1 aliphatic heterocycles. The highest BCUT2D eigenvalue weighted by Gasteiger charge is 2.23. The number of hydrogen-bond acceptors (Lipinski definition) is 5. The number of hydrogen-bond donors (Lipinski definition) is 2. The average Bonchev–Trinajstić information content (AvgIpc) is 3.23. The standard InChI is InChI=1S/C21H39N5OS.HI/c1-22-21(23-11-7-5-4-6-8-12-25(2)3)24-18-19(20-10-9-17-28-20)26-13-15-27-16-14-26;/h9-10,17,19H,4-8,11-16,18H2,1-3H3,(H2,22,23,24);1H. The monoisotopic (exact) mass is 537 g/mol. The Bertz CT molecular complexity index is 535. The van der Waals surface area contributed by atoms with Gasteiger partial charge in [0.2, 0.25) is 0 Å². The fourth-order valence-electron chi connectivity index (χ4n) is 3.48. The van der Waals surface area contributed by atoms with Gasteiger partial charge < -0.3 is 20.3 Å². The molecule has 0 aliphatic carbocycles. The van der Waals surface area contributed by atoms with Crippen molar-refractivity contribution >= 4 is 41.3 Å². The first-order chi connectivity index (χ1) is 13.7. The number of ether oxygens (including phenoxy) is 1. The normalized spacial score (nSPS) is 16.5. The Labute approximate surface area is 198 Å². The maximum atomic E-state index is 5.53. The Morgan fingerprint density at radius 3 is 2.55 bits per heavy atom. The third-order valence-electron chi connectivity index (χ3n) is 5.12. The van der Waals surface area contributed by atoms with Crippen LogP contribution in [0.3, 0.4) is 0 Å². The van der Waals surface area contributed by atoms with E-state index in [0.717, 1.165) is 45.4 Å². The molecule has 6 nitrogen and oxygen atoms in total. The lowest BCUT2D eigenvalue weighted by Crippen LogP contribution is -2.46. The summed E-state index contributed by atoms with van der Waals surface area (Å²) in [5.74, 6) is 0.905. The van der Waals surface area contributed by atoms with E-state index in [4.69, 9.17) is 4.74 Å². The number of guanidine groups is 1. The SMILES string of the molecule is CN=C(NCCCCCCCN(C)C)NCC(c1cccs1)N1CCOCC1.I. The molecule has 1 saturated heterocycles. The molecule has 0 saturated carbocycles.